The number of unbranched alkanes of at least 4 members (excludes halogenated alkanes) is 1. The molecule has 2 heterocycles. The second kappa shape index (κ2) is 8.63. The summed E-state index contributed by atoms with van der Waals surface area (Å²) in [7, 11) is 0. The Labute approximate surface area is 136 Å². The van der Waals surface area contributed by atoms with E-state index in [2.05, 4.69) is 29.0 Å². The van der Waals surface area contributed by atoms with Gasteiger partial charge in [-0.2, -0.15) is 0 Å². The van der Waals surface area contributed by atoms with E-state index >= 15 is 0 Å². The molecular weight excluding hydrogens is 294 g/mol. The lowest BCUT2D eigenvalue weighted by Gasteiger charge is -2.02. The van der Waals surface area contributed by atoms with Crippen molar-refractivity contribution in [3.05, 3.63) is 35.1 Å². The summed E-state index contributed by atoms with van der Waals surface area (Å²) in [5.74, 6) is 0.751. The molecule has 0 unspecified atom stereocenters. The molecule has 0 fully saturated rings. The van der Waals surface area contributed by atoms with Crippen LogP contribution in [0.5, 0.6) is 0 Å². The molecular formula is C17H23N3OS. The number of hydrogen-bond donors (Lipinski definition) is 0. The van der Waals surface area contributed by atoms with E-state index < -0.39 is 0 Å². The van der Waals surface area contributed by atoms with Crippen LogP contribution in [0.1, 0.15) is 43.7 Å². The highest BCUT2D eigenvalue weighted by Crippen LogP contribution is 2.23. The average Bonchev–Trinajstić information content (AvgIpc) is 2.93. The molecule has 0 aliphatic heterocycles. The molecule has 22 heavy (non-hydrogen) atoms. The number of pyridine rings is 1. The number of hydrogen-bond acceptors (Lipinski definition) is 5. The molecule has 0 amide bonds. The normalized spacial score (nSPS) is 11.5. The lowest BCUT2D eigenvalue weighted by Crippen LogP contribution is -1.91. The number of rotatable bonds is 8. The molecule has 0 saturated carbocycles. The topological polar surface area (TPSA) is 47.4 Å². The van der Waals surface area contributed by atoms with Gasteiger partial charge in [-0.1, -0.05) is 31.5 Å². The molecule has 2 aromatic heterocycles. The molecule has 0 bridgehead atoms. The largest absolute Gasteiger partial charge is 0.391 e. The van der Waals surface area contributed by atoms with Gasteiger partial charge >= 0.3 is 0 Å². The Morgan fingerprint density at radius 2 is 2.14 bits per heavy atom. The van der Waals surface area contributed by atoms with Crippen LogP contribution in [0.25, 0.3) is 10.6 Å². The van der Waals surface area contributed by atoms with Crippen molar-refractivity contribution in [3.63, 3.8) is 0 Å². The molecule has 118 valence electrons. The predicted molar refractivity (Wildman–Crippen MR) is 92.1 cm³/mol. The molecule has 2 rings (SSSR count). The van der Waals surface area contributed by atoms with Crippen LogP contribution in [0.3, 0.4) is 0 Å². The summed E-state index contributed by atoms with van der Waals surface area (Å²) in [4.78, 5) is 15.1. The summed E-state index contributed by atoms with van der Waals surface area (Å²) in [5.41, 5.74) is 1.97. The smallest absolute Gasteiger partial charge is 0.143 e. The van der Waals surface area contributed by atoms with Crippen molar-refractivity contribution in [1.82, 2.24) is 9.97 Å². The van der Waals surface area contributed by atoms with Crippen LogP contribution in [0.2, 0.25) is 0 Å². The van der Waals surface area contributed by atoms with Crippen LogP contribution >= 0.6 is 11.3 Å². The lowest BCUT2D eigenvalue weighted by molar-refractivity contribution is 0.131. The van der Waals surface area contributed by atoms with Gasteiger partial charge in [0.2, 0.25) is 0 Å². The zero-order valence-electron chi connectivity index (χ0n) is 13.5. The second-order valence-electron chi connectivity index (χ2n) is 5.68. The Morgan fingerprint density at radius 3 is 2.77 bits per heavy atom. The van der Waals surface area contributed by atoms with Crippen molar-refractivity contribution >= 4 is 17.6 Å². The van der Waals surface area contributed by atoms with Crippen LogP contribution in [-0.4, -0.2) is 16.2 Å². The Balaban J connectivity index is 1.74. The third-order valence-corrected chi connectivity index (χ3v) is 4.13. The molecule has 4 nitrogen and oxygen atoms in total. The van der Waals surface area contributed by atoms with Gasteiger partial charge in [0.15, 0.2) is 0 Å². The van der Waals surface area contributed by atoms with Crippen LogP contribution in [-0.2, 0) is 11.4 Å². The van der Waals surface area contributed by atoms with Gasteiger partial charge in [0.25, 0.3) is 0 Å². The summed E-state index contributed by atoms with van der Waals surface area (Å²) in [5, 5.41) is 5.04. The molecule has 0 N–H and O–H groups in total. The van der Waals surface area contributed by atoms with Gasteiger partial charge in [0.1, 0.15) is 6.61 Å². The fourth-order valence-electron chi connectivity index (χ4n) is 1.97. The first-order valence-corrected chi connectivity index (χ1v) is 8.48. The maximum Gasteiger partial charge on any atom is 0.143 e. The summed E-state index contributed by atoms with van der Waals surface area (Å²) >= 11 is 1.65. The van der Waals surface area contributed by atoms with E-state index in [-0.39, 0.29) is 0 Å². The van der Waals surface area contributed by atoms with E-state index in [0.29, 0.717) is 6.61 Å². The maximum atomic E-state index is 5.30. The number of thiazole rings is 1. The summed E-state index contributed by atoms with van der Waals surface area (Å²) in [6.07, 6.45) is 8.91. The molecule has 0 atom stereocenters. The molecule has 2 aromatic rings. The van der Waals surface area contributed by atoms with Crippen LogP contribution < -0.4 is 0 Å². The minimum atomic E-state index is 0.454. The third kappa shape index (κ3) is 5.56. The van der Waals surface area contributed by atoms with Crippen LogP contribution in [0.15, 0.2) is 29.7 Å². The summed E-state index contributed by atoms with van der Waals surface area (Å²) in [6.45, 7) is 6.92. The van der Waals surface area contributed by atoms with Gasteiger partial charge in [-0.3, -0.25) is 4.98 Å². The summed E-state index contributed by atoms with van der Waals surface area (Å²) in [6, 6.07) is 4.02. The van der Waals surface area contributed by atoms with Crippen molar-refractivity contribution < 1.29 is 4.84 Å². The highest BCUT2D eigenvalue weighted by Gasteiger charge is 2.03. The maximum absolute atomic E-state index is 5.30. The van der Waals surface area contributed by atoms with Gasteiger partial charge in [-0.05, 0) is 31.7 Å². The Kier molecular flexibility index (Phi) is 6.52. The minimum Gasteiger partial charge on any atom is -0.391 e. The minimum absolute atomic E-state index is 0.454. The van der Waals surface area contributed by atoms with E-state index in [1.165, 1.54) is 6.42 Å². The first-order chi connectivity index (χ1) is 10.6. The van der Waals surface area contributed by atoms with Gasteiger partial charge < -0.3 is 4.84 Å². The molecule has 0 saturated heterocycles. The van der Waals surface area contributed by atoms with Gasteiger partial charge in [0, 0.05) is 24.2 Å². The van der Waals surface area contributed by atoms with Crippen molar-refractivity contribution in [3.8, 4) is 10.6 Å². The number of aromatic nitrogens is 2. The third-order valence-electron chi connectivity index (χ3n) is 3.19. The summed E-state index contributed by atoms with van der Waals surface area (Å²) < 4.78 is 0. The predicted octanol–water partition coefficient (Wildman–Crippen LogP) is 4.84. The fourth-order valence-corrected chi connectivity index (χ4v) is 2.72. The first-order valence-electron chi connectivity index (χ1n) is 7.66. The zero-order valence-corrected chi connectivity index (χ0v) is 14.3. The van der Waals surface area contributed by atoms with Crippen molar-refractivity contribution in [1.29, 1.82) is 0 Å². The molecule has 5 heteroatoms. The van der Waals surface area contributed by atoms with Crippen molar-refractivity contribution in [2.24, 2.45) is 11.1 Å². The van der Waals surface area contributed by atoms with Gasteiger partial charge in [0.05, 0.1) is 15.6 Å². The second-order valence-corrected chi connectivity index (χ2v) is 6.92. The molecule has 0 aliphatic rings. The highest BCUT2D eigenvalue weighted by atomic mass is 32.1. The zero-order chi connectivity index (χ0) is 15.8. The SMILES string of the molecule is Cc1ncc(-c2ccc(CO/N=C\CCCC(C)C)cn2)s1. The van der Waals surface area contributed by atoms with Crippen molar-refractivity contribution in [2.45, 2.75) is 46.6 Å². The molecule has 0 aromatic carbocycles. The first kappa shape index (κ1) is 16.6. The number of oxime groups is 1. The van der Waals surface area contributed by atoms with Crippen molar-refractivity contribution in [2.75, 3.05) is 0 Å². The fraction of sp³-hybridized carbons (Fsp3) is 0.471. The molecule has 0 spiro atoms. The van der Waals surface area contributed by atoms with E-state index in [0.717, 1.165) is 39.9 Å². The van der Waals surface area contributed by atoms with E-state index in [9.17, 15) is 0 Å². The Bertz CT molecular complexity index is 590. The highest BCUT2D eigenvalue weighted by molar-refractivity contribution is 7.15. The molecule has 0 radical (unpaired) electrons. The number of nitrogens with zero attached hydrogens (tertiary/aromatic N) is 3. The lowest BCUT2D eigenvalue weighted by atomic mass is 10.1. The van der Waals surface area contributed by atoms with Gasteiger partial charge in [-0.15, -0.1) is 11.3 Å². The van der Waals surface area contributed by atoms with E-state index in [4.69, 9.17) is 4.84 Å². The van der Waals surface area contributed by atoms with Crippen LogP contribution in [0, 0.1) is 12.8 Å². The number of aryl methyl sites for hydroxylation is 1. The van der Waals surface area contributed by atoms with Gasteiger partial charge in [-0.25, -0.2) is 4.98 Å². The average molecular weight is 317 g/mol. The standard InChI is InChI=1S/C17H23N3OS/c1-13(2)6-4-5-9-20-21-12-15-7-8-16(19-10-15)17-11-18-14(3)22-17/h7-11,13H,4-6,12H2,1-3H3/b20-9-. The van der Waals surface area contributed by atoms with E-state index in [1.807, 2.05) is 37.7 Å². The quantitative estimate of drug-likeness (QED) is 0.397. The Hall–Kier alpha value is -1.75. The monoisotopic (exact) mass is 317 g/mol. The van der Waals surface area contributed by atoms with E-state index in [1.54, 1.807) is 11.3 Å². The van der Waals surface area contributed by atoms with Crippen LogP contribution in [0.4, 0.5) is 0 Å². The molecule has 0 aliphatic carbocycles. The Morgan fingerprint density at radius 1 is 1.27 bits per heavy atom.